The highest BCUT2D eigenvalue weighted by atomic mass is 32.9. The summed E-state index contributed by atoms with van der Waals surface area (Å²) in [6.07, 6.45) is 0.564. The highest BCUT2D eigenvalue weighted by molar-refractivity contribution is 8.67. The second-order valence-electron chi connectivity index (χ2n) is 2.68. The van der Waals surface area contributed by atoms with Gasteiger partial charge in [0.15, 0.2) is 0 Å². The van der Waals surface area contributed by atoms with Gasteiger partial charge in [-0.3, -0.25) is 4.79 Å². The Balaban J connectivity index is 3.47. The molecule has 0 radical (unpaired) electrons. The van der Waals surface area contributed by atoms with Crippen LogP contribution in [0.2, 0.25) is 0 Å². The number of thioether (sulfide) groups is 1. The van der Waals surface area contributed by atoms with Crippen molar-refractivity contribution >= 4 is 46.6 Å². The van der Waals surface area contributed by atoms with Crippen LogP contribution in [0.3, 0.4) is 0 Å². The Hall–Kier alpha value is 0.740. The van der Waals surface area contributed by atoms with E-state index in [0.717, 1.165) is 17.3 Å². The van der Waals surface area contributed by atoms with Gasteiger partial charge < -0.3 is 14.4 Å². The summed E-state index contributed by atoms with van der Waals surface area (Å²) >= 11 is 8.48. The van der Waals surface area contributed by atoms with Crippen LogP contribution in [0.4, 0.5) is 0 Å². The van der Waals surface area contributed by atoms with E-state index >= 15 is 0 Å². The Morgan fingerprint density at radius 2 is 1.94 bits per heavy atom. The molecule has 1 N–H and O–H groups in total. The van der Waals surface area contributed by atoms with Gasteiger partial charge in [0.25, 0.3) is 0 Å². The van der Waals surface area contributed by atoms with Crippen LogP contribution in [0.5, 0.6) is 0 Å². The third-order valence-electron chi connectivity index (χ3n) is 1.68. The zero-order valence-electron chi connectivity index (χ0n) is 9.73. The van der Waals surface area contributed by atoms with Crippen LogP contribution in [0, 0.1) is 0 Å². The van der Waals surface area contributed by atoms with Gasteiger partial charge in [-0.25, -0.2) is 0 Å². The number of carbonyl (C=O) groups is 1. The first kappa shape index (κ1) is 16.7. The summed E-state index contributed by atoms with van der Waals surface area (Å²) in [6, 6.07) is 0. The summed E-state index contributed by atoms with van der Waals surface area (Å²) < 4.78 is 10.3. The Labute approximate surface area is 111 Å². The summed E-state index contributed by atoms with van der Waals surface area (Å²) in [6.45, 7) is 0. The molecule has 0 heterocycles. The predicted octanol–water partition coefficient (Wildman–Crippen LogP) is 2.11. The lowest BCUT2D eigenvalue weighted by Crippen LogP contribution is -2.17. The van der Waals surface area contributed by atoms with Gasteiger partial charge in [-0.1, -0.05) is 11.4 Å². The summed E-state index contributed by atoms with van der Waals surface area (Å²) in [5.41, 5.74) is -2.10. The quantitative estimate of drug-likeness (QED) is 0.520. The molecule has 16 heavy (non-hydrogen) atoms. The van der Waals surface area contributed by atoms with Gasteiger partial charge >= 0.3 is 0 Å². The van der Waals surface area contributed by atoms with Gasteiger partial charge in [-0.15, -0.1) is 0 Å². The van der Waals surface area contributed by atoms with Crippen LogP contribution in [-0.2, 0) is 25.6 Å². The van der Waals surface area contributed by atoms with Gasteiger partial charge in [0, 0.05) is 44.9 Å². The van der Waals surface area contributed by atoms with Crippen molar-refractivity contribution in [2.24, 2.45) is 0 Å². The topological polar surface area (TPSA) is 47.6 Å². The molecule has 0 saturated heterocycles. The van der Waals surface area contributed by atoms with Crippen molar-refractivity contribution in [3.05, 3.63) is 0 Å². The smallest absolute Gasteiger partial charge is 0.246 e. The maximum absolute atomic E-state index is 10.9. The van der Waals surface area contributed by atoms with Gasteiger partial charge in [0.05, 0.1) is 0 Å². The first-order chi connectivity index (χ1) is 7.58. The molecule has 8 heteroatoms. The molecule has 0 aromatic heterocycles. The van der Waals surface area contributed by atoms with E-state index in [1.54, 1.807) is 44.4 Å². The van der Waals surface area contributed by atoms with Crippen molar-refractivity contribution in [3.8, 4) is 0 Å². The Morgan fingerprint density at radius 1 is 1.31 bits per heavy atom. The lowest BCUT2D eigenvalue weighted by atomic mass is 10.5. The average Bonchev–Trinajstić information content (AvgIpc) is 2.32. The van der Waals surface area contributed by atoms with E-state index in [2.05, 4.69) is 5.32 Å². The third-order valence-corrected chi connectivity index (χ3v) is 8.75. The van der Waals surface area contributed by atoms with Crippen molar-refractivity contribution in [1.29, 1.82) is 0 Å². The summed E-state index contributed by atoms with van der Waals surface area (Å²) in [5, 5.41) is 2.59. The van der Waals surface area contributed by atoms with Crippen molar-refractivity contribution < 1.29 is 13.8 Å². The lowest BCUT2D eigenvalue weighted by Gasteiger charge is -2.15. The minimum absolute atomic E-state index is 0.0825. The number of hydrogen-bond donors (Lipinski definition) is 1. The second kappa shape index (κ2) is 9.74. The number of hydrogen-bond acceptors (Lipinski definition) is 6. The second-order valence-corrected chi connectivity index (χ2v) is 10.5. The maximum Gasteiger partial charge on any atom is 0.246 e. The maximum atomic E-state index is 10.9. The lowest BCUT2D eigenvalue weighted by molar-refractivity contribution is -0.120. The van der Waals surface area contributed by atoms with Crippen molar-refractivity contribution in [2.45, 2.75) is 6.42 Å². The largest absolute Gasteiger partial charge is 0.359 e. The van der Waals surface area contributed by atoms with Crippen molar-refractivity contribution in [3.63, 3.8) is 0 Å². The Kier molecular flexibility index (Phi) is 10.2. The summed E-state index contributed by atoms with van der Waals surface area (Å²) in [5.74, 6) is 2.76. The normalized spacial score (nSPS) is 11.4. The molecule has 96 valence electrons. The number of nitrogens with one attached hydrogen (secondary N) is 1. The fourth-order valence-corrected chi connectivity index (χ4v) is 5.31. The summed E-state index contributed by atoms with van der Waals surface area (Å²) in [7, 11) is 4.81. The molecule has 0 atom stereocenters. The molecule has 0 aromatic rings. The van der Waals surface area contributed by atoms with Gasteiger partial charge in [-0.2, -0.15) is 11.8 Å². The first-order valence-corrected chi connectivity index (χ1v) is 10.1. The zero-order valence-corrected chi connectivity index (χ0v) is 13.1. The molecule has 1 amide bonds. The van der Waals surface area contributed by atoms with Crippen LogP contribution in [0.1, 0.15) is 6.42 Å². The Bertz CT molecular complexity index is 245. The molecule has 4 nitrogen and oxygen atoms in total. The monoisotopic (exact) mass is 303 g/mol. The highest BCUT2D eigenvalue weighted by Crippen LogP contribution is 2.59. The molecule has 0 aliphatic carbocycles. The fourth-order valence-electron chi connectivity index (χ4n) is 0.780. The van der Waals surface area contributed by atoms with Crippen LogP contribution in [-0.4, -0.2) is 44.4 Å². The van der Waals surface area contributed by atoms with E-state index in [1.165, 1.54) is 0 Å². The fraction of sp³-hybridized carbons (Fsp3) is 0.875. The van der Waals surface area contributed by atoms with Crippen LogP contribution >= 0.6 is 28.8 Å². The van der Waals surface area contributed by atoms with E-state index in [0.29, 0.717) is 6.42 Å². The van der Waals surface area contributed by atoms with Crippen molar-refractivity contribution in [1.82, 2.24) is 5.32 Å². The molecule has 0 fully saturated rings. The molecule has 0 saturated carbocycles. The van der Waals surface area contributed by atoms with E-state index in [1.807, 2.05) is 0 Å². The molecule has 0 aliphatic heterocycles. The van der Waals surface area contributed by atoms with Crippen LogP contribution in [0.25, 0.3) is 0 Å². The molecule has 0 spiro atoms. The van der Waals surface area contributed by atoms with Gasteiger partial charge in [0.1, 0.15) is 0 Å². The minimum Gasteiger partial charge on any atom is -0.359 e. The van der Waals surface area contributed by atoms with Crippen LogP contribution in [0.15, 0.2) is 0 Å². The van der Waals surface area contributed by atoms with Gasteiger partial charge in [-0.05, 0) is 11.8 Å². The zero-order chi connectivity index (χ0) is 12.4. The molecular weight excluding hydrogens is 285 g/mol. The molecule has 0 unspecified atom stereocenters. The Morgan fingerprint density at radius 3 is 2.44 bits per heavy atom. The third kappa shape index (κ3) is 7.92. The number of carbonyl (C=O) groups excluding carboxylic acids is 1. The van der Waals surface area contributed by atoms with E-state index in [9.17, 15) is 4.79 Å². The molecule has 0 aliphatic rings. The van der Waals surface area contributed by atoms with E-state index < -0.39 is 5.69 Å². The molecule has 0 rings (SSSR count). The predicted molar refractivity (Wildman–Crippen MR) is 76.8 cm³/mol. The first-order valence-electron chi connectivity index (χ1n) is 4.72. The molecular formula is C8H18NO3PS3. The average molecular weight is 303 g/mol. The van der Waals surface area contributed by atoms with E-state index in [4.69, 9.17) is 20.9 Å². The molecule has 0 aromatic carbocycles. The van der Waals surface area contributed by atoms with Gasteiger partial charge in [0.2, 0.25) is 11.6 Å². The number of amides is 1. The molecule has 0 bridgehead atoms. The number of rotatable bonds is 9. The van der Waals surface area contributed by atoms with E-state index in [-0.39, 0.29) is 5.91 Å². The van der Waals surface area contributed by atoms with Crippen LogP contribution < -0.4 is 5.32 Å². The highest BCUT2D eigenvalue weighted by Gasteiger charge is 2.15. The van der Waals surface area contributed by atoms with Crippen molar-refractivity contribution in [2.75, 3.05) is 38.5 Å². The summed E-state index contributed by atoms with van der Waals surface area (Å²) in [4.78, 5) is 10.9. The minimum atomic E-state index is -2.10. The SMILES string of the molecule is CNC(=O)CCSCCSP(=S)(OC)OC. The standard InChI is InChI=1S/C8H18NO3PS3/c1-9-8(10)4-5-15-6-7-16-13(14,11-2)12-3/h4-7H2,1-3H3,(H,9,10).